The van der Waals surface area contributed by atoms with E-state index < -0.39 is 11.4 Å². The molecule has 0 heterocycles. The molecule has 1 fully saturated rings. The second-order valence-corrected chi connectivity index (χ2v) is 5.92. The Morgan fingerprint density at radius 2 is 1.94 bits per heavy atom. The summed E-state index contributed by atoms with van der Waals surface area (Å²) in [6.07, 6.45) is 3.64. The maximum Gasteiger partial charge on any atom is 0.314 e. The summed E-state index contributed by atoms with van der Waals surface area (Å²) in [6.45, 7) is 6.21. The third kappa shape index (κ3) is 4.20. The lowest BCUT2D eigenvalue weighted by molar-refractivity contribution is -0.146. The van der Waals surface area contributed by atoms with Crippen molar-refractivity contribution in [3.63, 3.8) is 0 Å². The largest absolute Gasteiger partial charge is 0.481 e. The van der Waals surface area contributed by atoms with Crippen molar-refractivity contribution in [2.45, 2.75) is 40.0 Å². The molecule has 0 aromatic rings. The van der Waals surface area contributed by atoms with Crippen LogP contribution in [0.4, 0.5) is 4.79 Å². The van der Waals surface area contributed by atoms with Crippen LogP contribution in [0.2, 0.25) is 0 Å². The molecule has 0 spiro atoms. The van der Waals surface area contributed by atoms with Crippen LogP contribution in [0.5, 0.6) is 0 Å². The fraction of sp³-hybridized carbons (Fsp3) is 0.846. The predicted octanol–water partition coefficient (Wildman–Crippen LogP) is 1.83. The first-order valence-corrected chi connectivity index (χ1v) is 6.58. The average molecular weight is 256 g/mol. The lowest BCUT2D eigenvalue weighted by atomic mass is 9.94. The van der Waals surface area contributed by atoms with Gasteiger partial charge >= 0.3 is 12.0 Å². The topological polar surface area (TPSA) is 78.4 Å². The number of nitrogens with one attached hydrogen (secondary N) is 2. The number of rotatable bonds is 5. The molecule has 0 aliphatic heterocycles. The third-order valence-corrected chi connectivity index (χ3v) is 3.83. The molecule has 0 saturated heterocycles. The minimum Gasteiger partial charge on any atom is -0.481 e. The van der Waals surface area contributed by atoms with Gasteiger partial charge in [-0.15, -0.1) is 0 Å². The number of hydrogen-bond donors (Lipinski definition) is 3. The van der Waals surface area contributed by atoms with Gasteiger partial charge in [0.15, 0.2) is 0 Å². The molecule has 0 radical (unpaired) electrons. The van der Waals surface area contributed by atoms with Crippen molar-refractivity contribution in [1.29, 1.82) is 0 Å². The first kappa shape index (κ1) is 14.8. The van der Waals surface area contributed by atoms with Crippen LogP contribution in [-0.4, -0.2) is 30.2 Å². The summed E-state index contributed by atoms with van der Waals surface area (Å²) in [6, 6.07) is -0.275. The van der Waals surface area contributed by atoms with Gasteiger partial charge in [0.25, 0.3) is 0 Å². The molecule has 2 atom stereocenters. The van der Waals surface area contributed by atoms with Crippen LogP contribution in [-0.2, 0) is 4.79 Å². The van der Waals surface area contributed by atoms with Gasteiger partial charge in [-0.2, -0.15) is 0 Å². The van der Waals surface area contributed by atoms with Gasteiger partial charge in [-0.1, -0.05) is 19.8 Å². The Hall–Kier alpha value is -1.26. The molecule has 104 valence electrons. The van der Waals surface area contributed by atoms with Gasteiger partial charge in [0, 0.05) is 13.1 Å². The molecule has 2 amide bonds. The van der Waals surface area contributed by atoms with E-state index >= 15 is 0 Å². The molecule has 1 saturated carbocycles. The molecular weight excluding hydrogens is 232 g/mol. The molecule has 18 heavy (non-hydrogen) atoms. The summed E-state index contributed by atoms with van der Waals surface area (Å²) < 4.78 is 0. The first-order chi connectivity index (χ1) is 8.33. The summed E-state index contributed by atoms with van der Waals surface area (Å²) in [5.74, 6) is 0.316. The number of carbonyl (C=O) groups excluding carboxylic acids is 1. The molecule has 0 aromatic carbocycles. The van der Waals surface area contributed by atoms with Crippen molar-refractivity contribution >= 4 is 12.0 Å². The fourth-order valence-corrected chi connectivity index (χ4v) is 2.19. The standard InChI is InChI=1S/C13H24N2O3/c1-9-5-4-6-10(9)7-14-12(18)15-8-13(2,3)11(16)17/h9-10H,4-8H2,1-3H3,(H,16,17)(H2,14,15,18). The second kappa shape index (κ2) is 6.07. The fourth-order valence-electron chi connectivity index (χ4n) is 2.19. The van der Waals surface area contributed by atoms with E-state index in [1.807, 2.05) is 0 Å². The molecule has 0 bridgehead atoms. The van der Waals surface area contributed by atoms with Gasteiger partial charge in [-0.25, -0.2) is 4.79 Å². The lowest BCUT2D eigenvalue weighted by Crippen LogP contribution is -2.44. The summed E-state index contributed by atoms with van der Waals surface area (Å²) in [5.41, 5.74) is -0.933. The van der Waals surface area contributed by atoms with E-state index in [-0.39, 0.29) is 12.6 Å². The van der Waals surface area contributed by atoms with Crippen molar-refractivity contribution in [1.82, 2.24) is 10.6 Å². The van der Waals surface area contributed by atoms with E-state index in [0.717, 1.165) is 0 Å². The Balaban J connectivity index is 2.24. The second-order valence-electron chi connectivity index (χ2n) is 5.92. The number of amides is 2. The number of hydrogen-bond acceptors (Lipinski definition) is 2. The van der Waals surface area contributed by atoms with Crippen LogP contribution in [0, 0.1) is 17.3 Å². The van der Waals surface area contributed by atoms with E-state index in [4.69, 9.17) is 5.11 Å². The Labute approximate surface area is 108 Å². The molecule has 1 rings (SSSR count). The Kier molecular flexibility index (Phi) is 4.99. The number of carboxylic acid groups (broad SMARTS) is 1. The zero-order valence-electron chi connectivity index (χ0n) is 11.5. The van der Waals surface area contributed by atoms with Gasteiger partial charge < -0.3 is 15.7 Å². The number of aliphatic carboxylic acids is 1. The van der Waals surface area contributed by atoms with Crippen molar-refractivity contribution in [2.75, 3.05) is 13.1 Å². The number of urea groups is 1. The van der Waals surface area contributed by atoms with Crippen molar-refractivity contribution < 1.29 is 14.7 Å². The lowest BCUT2D eigenvalue weighted by Gasteiger charge is -2.21. The van der Waals surface area contributed by atoms with Crippen molar-refractivity contribution in [2.24, 2.45) is 17.3 Å². The van der Waals surface area contributed by atoms with Crippen LogP contribution < -0.4 is 10.6 Å². The highest BCUT2D eigenvalue weighted by Crippen LogP contribution is 2.30. The summed E-state index contributed by atoms with van der Waals surface area (Å²) in [4.78, 5) is 22.4. The van der Waals surface area contributed by atoms with E-state index in [1.54, 1.807) is 13.8 Å². The molecule has 3 N–H and O–H groups in total. The number of carboxylic acids is 1. The minimum atomic E-state index is -0.933. The zero-order valence-corrected chi connectivity index (χ0v) is 11.5. The quantitative estimate of drug-likeness (QED) is 0.702. The smallest absolute Gasteiger partial charge is 0.314 e. The third-order valence-electron chi connectivity index (χ3n) is 3.83. The normalized spacial score (nSPS) is 23.7. The van der Waals surface area contributed by atoms with E-state index in [9.17, 15) is 9.59 Å². The molecule has 5 heteroatoms. The Morgan fingerprint density at radius 1 is 1.28 bits per heavy atom. The predicted molar refractivity (Wildman–Crippen MR) is 69.3 cm³/mol. The van der Waals surface area contributed by atoms with Gasteiger partial charge in [0.1, 0.15) is 0 Å². The molecule has 1 aliphatic rings. The van der Waals surface area contributed by atoms with Gasteiger partial charge in [-0.3, -0.25) is 4.79 Å². The number of carbonyl (C=O) groups is 2. The molecule has 1 aliphatic carbocycles. The molecule has 0 aromatic heterocycles. The van der Waals surface area contributed by atoms with Crippen LogP contribution in [0.15, 0.2) is 0 Å². The average Bonchev–Trinajstić information content (AvgIpc) is 2.69. The maximum atomic E-state index is 11.6. The van der Waals surface area contributed by atoms with Crippen molar-refractivity contribution in [3.8, 4) is 0 Å². The van der Waals surface area contributed by atoms with Crippen LogP contribution >= 0.6 is 0 Å². The van der Waals surface area contributed by atoms with E-state index in [1.165, 1.54) is 19.3 Å². The highest BCUT2D eigenvalue weighted by molar-refractivity contribution is 5.77. The first-order valence-electron chi connectivity index (χ1n) is 6.58. The van der Waals surface area contributed by atoms with Crippen molar-refractivity contribution in [3.05, 3.63) is 0 Å². The van der Waals surface area contributed by atoms with E-state index in [0.29, 0.717) is 18.4 Å². The monoisotopic (exact) mass is 256 g/mol. The van der Waals surface area contributed by atoms with Crippen LogP contribution in [0.1, 0.15) is 40.0 Å². The van der Waals surface area contributed by atoms with Crippen LogP contribution in [0.3, 0.4) is 0 Å². The van der Waals surface area contributed by atoms with Crippen LogP contribution in [0.25, 0.3) is 0 Å². The minimum absolute atomic E-state index is 0.133. The van der Waals surface area contributed by atoms with Gasteiger partial charge in [-0.05, 0) is 32.1 Å². The molecule has 5 nitrogen and oxygen atoms in total. The van der Waals surface area contributed by atoms with Gasteiger partial charge in [0.2, 0.25) is 0 Å². The molecule has 2 unspecified atom stereocenters. The maximum absolute atomic E-state index is 11.6. The highest BCUT2D eigenvalue weighted by Gasteiger charge is 2.28. The zero-order chi connectivity index (χ0) is 13.8. The summed E-state index contributed by atoms with van der Waals surface area (Å²) in [7, 11) is 0. The summed E-state index contributed by atoms with van der Waals surface area (Å²) in [5, 5.41) is 14.4. The Morgan fingerprint density at radius 3 is 2.44 bits per heavy atom. The van der Waals surface area contributed by atoms with Gasteiger partial charge in [0.05, 0.1) is 5.41 Å². The molecular formula is C13H24N2O3. The SMILES string of the molecule is CC1CCCC1CNC(=O)NCC(C)(C)C(=O)O. The summed E-state index contributed by atoms with van der Waals surface area (Å²) >= 11 is 0. The Bertz CT molecular complexity index is 315. The van der Waals surface area contributed by atoms with E-state index in [2.05, 4.69) is 17.6 Å². The highest BCUT2D eigenvalue weighted by atomic mass is 16.4.